The first-order chi connectivity index (χ1) is 10.1. The molecule has 0 amide bonds. The summed E-state index contributed by atoms with van der Waals surface area (Å²) >= 11 is 0. The first-order valence-corrected chi connectivity index (χ1v) is 8.67. The molecule has 4 rings (SSSR count). The fraction of sp³-hybridized carbons (Fsp3) is 0.650. The van der Waals surface area contributed by atoms with Gasteiger partial charge in [-0.1, -0.05) is 31.1 Å². The van der Waals surface area contributed by atoms with Crippen LogP contribution in [0.25, 0.3) is 0 Å². The van der Waals surface area contributed by atoms with Gasteiger partial charge in [-0.15, -0.1) is 6.58 Å². The van der Waals surface area contributed by atoms with Crippen molar-refractivity contribution in [2.24, 2.45) is 28.6 Å². The van der Waals surface area contributed by atoms with E-state index in [2.05, 4.69) is 25.7 Å². The Morgan fingerprint density at radius 1 is 1.24 bits per heavy atom. The predicted molar refractivity (Wildman–Crippen MR) is 85.8 cm³/mol. The van der Waals surface area contributed by atoms with Crippen LogP contribution in [0.5, 0.6) is 0 Å². The molecule has 1 heteroatoms. The van der Waals surface area contributed by atoms with Crippen LogP contribution in [0.2, 0.25) is 0 Å². The molecular formula is C20H26O. The van der Waals surface area contributed by atoms with Crippen LogP contribution in [0.1, 0.15) is 51.9 Å². The van der Waals surface area contributed by atoms with Gasteiger partial charge in [0.2, 0.25) is 0 Å². The lowest BCUT2D eigenvalue weighted by Gasteiger charge is -2.56. The number of hydrogen-bond donors (Lipinski definition) is 0. The van der Waals surface area contributed by atoms with Crippen LogP contribution < -0.4 is 0 Å². The Morgan fingerprint density at radius 3 is 2.90 bits per heavy atom. The molecule has 0 spiro atoms. The van der Waals surface area contributed by atoms with Gasteiger partial charge in [-0.2, -0.15) is 0 Å². The van der Waals surface area contributed by atoms with E-state index < -0.39 is 0 Å². The molecule has 0 N–H and O–H groups in total. The molecule has 0 aromatic rings. The third kappa shape index (κ3) is 1.73. The Morgan fingerprint density at radius 2 is 2.10 bits per heavy atom. The van der Waals surface area contributed by atoms with Crippen molar-refractivity contribution in [2.45, 2.75) is 51.9 Å². The van der Waals surface area contributed by atoms with Gasteiger partial charge in [0.05, 0.1) is 0 Å². The van der Waals surface area contributed by atoms with Crippen LogP contribution in [0.4, 0.5) is 0 Å². The fourth-order valence-corrected chi connectivity index (χ4v) is 6.26. The van der Waals surface area contributed by atoms with Crippen molar-refractivity contribution in [1.29, 1.82) is 0 Å². The molecule has 5 atom stereocenters. The lowest BCUT2D eigenvalue weighted by Crippen LogP contribution is -2.48. The van der Waals surface area contributed by atoms with Gasteiger partial charge in [0.1, 0.15) is 0 Å². The zero-order valence-corrected chi connectivity index (χ0v) is 13.1. The molecule has 0 aromatic carbocycles. The molecule has 1 nitrogen and oxygen atoms in total. The minimum Gasteiger partial charge on any atom is -0.290 e. The normalized spacial score (nSPS) is 48.1. The summed E-state index contributed by atoms with van der Waals surface area (Å²) in [5.41, 5.74) is 1.99. The topological polar surface area (TPSA) is 17.1 Å². The zero-order valence-electron chi connectivity index (χ0n) is 13.1. The first kappa shape index (κ1) is 13.5. The summed E-state index contributed by atoms with van der Waals surface area (Å²) in [7, 11) is 0. The molecule has 0 bridgehead atoms. The van der Waals surface area contributed by atoms with Crippen molar-refractivity contribution >= 4 is 5.78 Å². The highest BCUT2D eigenvalue weighted by Gasteiger charge is 2.56. The van der Waals surface area contributed by atoms with E-state index >= 15 is 0 Å². The van der Waals surface area contributed by atoms with Gasteiger partial charge in [-0.25, -0.2) is 0 Å². The van der Waals surface area contributed by atoms with E-state index in [-0.39, 0.29) is 11.2 Å². The fourth-order valence-electron chi connectivity index (χ4n) is 6.26. The quantitative estimate of drug-likeness (QED) is 0.628. The minimum atomic E-state index is 0.146. The largest absolute Gasteiger partial charge is 0.290 e. The van der Waals surface area contributed by atoms with E-state index in [4.69, 9.17) is 0 Å². The van der Waals surface area contributed by atoms with Crippen LogP contribution in [0, 0.1) is 28.6 Å². The minimum absolute atomic E-state index is 0.146. The summed E-state index contributed by atoms with van der Waals surface area (Å²) in [4.78, 5) is 11.7. The number of ketones is 1. The van der Waals surface area contributed by atoms with Gasteiger partial charge in [-0.3, -0.25) is 4.79 Å². The second-order valence-electron chi connectivity index (χ2n) is 7.97. The van der Waals surface area contributed by atoms with Crippen molar-refractivity contribution in [1.82, 2.24) is 0 Å². The van der Waals surface area contributed by atoms with Crippen molar-refractivity contribution in [3.63, 3.8) is 0 Å². The van der Waals surface area contributed by atoms with E-state index in [1.54, 1.807) is 0 Å². The Labute approximate surface area is 128 Å². The van der Waals surface area contributed by atoms with Crippen LogP contribution in [-0.4, -0.2) is 5.78 Å². The van der Waals surface area contributed by atoms with Crippen LogP contribution in [0.3, 0.4) is 0 Å². The summed E-state index contributed by atoms with van der Waals surface area (Å²) in [5, 5.41) is 0. The molecule has 0 aliphatic heterocycles. The highest BCUT2D eigenvalue weighted by Crippen LogP contribution is 2.64. The number of carbonyl (C=O) groups excluding carboxylic acids is 1. The SMILES string of the molecule is C=C[C@@]12CCC[C@H]1[C@@H]1CCC3=CC(=O)C=C[C@]3(C)[C@H]1CC2. The molecule has 3 saturated carbocycles. The molecule has 0 unspecified atom stereocenters. The average molecular weight is 282 g/mol. The number of fused-ring (bicyclic) bond motifs is 5. The Bertz CT molecular complexity index is 554. The molecule has 112 valence electrons. The lowest BCUT2D eigenvalue weighted by molar-refractivity contribution is -0.111. The molecule has 3 fully saturated rings. The first-order valence-electron chi connectivity index (χ1n) is 8.67. The van der Waals surface area contributed by atoms with Gasteiger partial charge >= 0.3 is 0 Å². The van der Waals surface area contributed by atoms with Crippen molar-refractivity contribution in [2.75, 3.05) is 0 Å². The van der Waals surface area contributed by atoms with E-state index in [1.165, 1.54) is 44.1 Å². The van der Waals surface area contributed by atoms with Gasteiger partial charge in [0.25, 0.3) is 0 Å². The van der Waals surface area contributed by atoms with Crippen LogP contribution in [-0.2, 0) is 4.79 Å². The standard InChI is InChI=1S/C20H26O/c1-3-20-10-4-5-18(20)16-7-6-14-13-15(21)8-11-19(14,2)17(16)9-12-20/h3,8,11,13,16-18H,1,4-7,9-10,12H2,2H3/t16-,17+,18+,19+,20+/m1/s1. The van der Waals surface area contributed by atoms with Crippen molar-refractivity contribution < 1.29 is 4.79 Å². The van der Waals surface area contributed by atoms with E-state index in [0.29, 0.717) is 5.41 Å². The van der Waals surface area contributed by atoms with Crippen molar-refractivity contribution in [3.05, 3.63) is 36.5 Å². The summed E-state index contributed by atoms with van der Waals surface area (Å²) in [5.74, 6) is 2.61. The maximum atomic E-state index is 11.7. The Balaban J connectivity index is 1.72. The second-order valence-corrected chi connectivity index (χ2v) is 7.97. The number of hydrogen-bond acceptors (Lipinski definition) is 1. The molecule has 0 saturated heterocycles. The summed E-state index contributed by atoms with van der Waals surface area (Å²) < 4.78 is 0. The third-order valence-corrected chi connectivity index (χ3v) is 7.38. The molecule has 0 aromatic heterocycles. The zero-order chi connectivity index (χ0) is 14.7. The second kappa shape index (κ2) is 4.44. The van der Waals surface area contributed by atoms with E-state index in [0.717, 1.165) is 24.2 Å². The summed E-state index contributed by atoms with van der Waals surface area (Å²) in [6, 6.07) is 0. The summed E-state index contributed by atoms with van der Waals surface area (Å²) in [6.45, 7) is 6.58. The lowest BCUT2D eigenvalue weighted by atomic mass is 9.48. The van der Waals surface area contributed by atoms with Gasteiger partial charge in [-0.05, 0) is 73.8 Å². The summed E-state index contributed by atoms with van der Waals surface area (Å²) in [6.07, 6.45) is 17.4. The highest BCUT2D eigenvalue weighted by atomic mass is 16.1. The van der Waals surface area contributed by atoms with Crippen LogP contribution >= 0.6 is 0 Å². The van der Waals surface area contributed by atoms with Gasteiger partial charge < -0.3 is 0 Å². The molecule has 4 aliphatic carbocycles. The van der Waals surface area contributed by atoms with E-state index in [1.807, 2.05) is 12.2 Å². The highest BCUT2D eigenvalue weighted by molar-refractivity contribution is 6.01. The predicted octanol–water partition coefficient (Wildman–Crippen LogP) is 4.85. The number of carbonyl (C=O) groups is 1. The Kier molecular flexibility index (Phi) is 2.87. The average Bonchev–Trinajstić information content (AvgIpc) is 2.92. The maximum absolute atomic E-state index is 11.7. The smallest absolute Gasteiger partial charge is 0.178 e. The molecule has 0 radical (unpaired) electrons. The van der Waals surface area contributed by atoms with Crippen LogP contribution in [0.15, 0.2) is 36.5 Å². The van der Waals surface area contributed by atoms with Crippen molar-refractivity contribution in [3.8, 4) is 0 Å². The van der Waals surface area contributed by atoms with Gasteiger partial charge in [0.15, 0.2) is 5.78 Å². The third-order valence-electron chi connectivity index (χ3n) is 7.38. The van der Waals surface area contributed by atoms with E-state index in [9.17, 15) is 4.79 Å². The Hall–Kier alpha value is -1.11. The van der Waals surface area contributed by atoms with Gasteiger partial charge in [0, 0.05) is 5.41 Å². The molecule has 0 heterocycles. The number of allylic oxidation sites excluding steroid dienone is 5. The molecule has 21 heavy (non-hydrogen) atoms. The maximum Gasteiger partial charge on any atom is 0.178 e. The number of rotatable bonds is 1. The monoisotopic (exact) mass is 282 g/mol. The molecule has 4 aliphatic rings. The molecular weight excluding hydrogens is 256 g/mol.